The summed E-state index contributed by atoms with van der Waals surface area (Å²) >= 11 is 5.43. The number of carbonyl (C=O) groups excluding carboxylic acids is 1. The van der Waals surface area contributed by atoms with Gasteiger partial charge in [-0.25, -0.2) is 0 Å². The highest BCUT2D eigenvalue weighted by Gasteiger charge is 2.25. The maximum Gasteiger partial charge on any atom is 0.266 e. The summed E-state index contributed by atoms with van der Waals surface area (Å²) < 4.78 is 12.7. The second-order valence-electron chi connectivity index (χ2n) is 9.07. The molecule has 1 fully saturated rings. The Morgan fingerprint density at radius 1 is 0.972 bits per heavy atom. The van der Waals surface area contributed by atoms with Crippen molar-refractivity contribution in [1.29, 1.82) is 0 Å². The molecular weight excluding hydrogens is 476 g/mol. The minimum atomic E-state index is -0.185. The molecule has 1 saturated heterocycles. The molecule has 3 heterocycles. The lowest BCUT2D eigenvalue weighted by molar-refractivity contribution is -0.917. The first kappa shape index (κ1) is 22.5. The molecule has 0 radical (unpaired) electrons. The number of piperazine rings is 1. The Balaban J connectivity index is 1.13. The third kappa shape index (κ3) is 4.16. The fraction of sp³-hybridized carbons (Fsp3) is 0.222. The van der Waals surface area contributed by atoms with E-state index >= 15 is 0 Å². The number of aromatic amines is 1. The number of rotatable bonds is 4. The number of fused-ring (bicyclic) bond motifs is 2. The third-order valence-corrected chi connectivity index (χ3v) is 7.11. The summed E-state index contributed by atoms with van der Waals surface area (Å²) in [7, 11) is 0. The molecule has 0 bridgehead atoms. The smallest absolute Gasteiger partial charge is 0.266 e. The number of benzene rings is 3. The quantitative estimate of drug-likeness (QED) is 0.420. The summed E-state index contributed by atoms with van der Waals surface area (Å²) in [5, 5.41) is 0.562. The number of carbonyl (C=O) groups is 1. The number of para-hydroxylation sites is 1. The predicted octanol–water partition coefficient (Wildman–Crippen LogP) is 2.32. The molecule has 4 aromatic rings. The summed E-state index contributed by atoms with van der Waals surface area (Å²) in [6.07, 6.45) is 0. The highest BCUT2D eigenvalue weighted by atomic mass is 32.1. The maximum absolute atomic E-state index is 13.1. The standard InChI is InChI=1S/C27H24N4O4S/c32-25(30-13-11-29(12-14-30)16-18-5-10-23-24(15-18)35-17-34-23)19-6-8-20(9-7-19)31-26(33)21-3-1-2-4-22(21)28-27(31)36/h1-10,15H,11-14,16-17H2,(H,28,36)/p+1. The average molecular weight is 502 g/mol. The highest BCUT2D eigenvalue weighted by molar-refractivity contribution is 7.71. The van der Waals surface area contributed by atoms with E-state index in [4.69, 9.17) is 21.7 Å². The van der Waals surface area contributed by atoms with Crippen LogP contribution in [0, 0.1) is 4.77 Å². The number of quaternary nitrogens is 1. The SMILES string of the molecule is O=C(c1ccc(-n2c(=S)[nH]c3ccccc3c2=O)cc1)N1CC[NH+](Cc2ccc3c(c2)OCO3)CC1. The van der Waals surface area contributed by atoms with E-state index in [1.807, 2.05) is 35.2 Å². The molecule has 2 aliphatic heterocycles. The number of ether oxygens (including phenoxy) is 2. The summed E-state index contributed by atoms with van der Waals surface area (Å²) in [4.78, 5) is 32.6. The Morgan fingerprint density at radius 2 is 1.72 bits per heavy atom. The van der Waals surface area contributed by atoms with Crippen LogP contribution in [0.1, 0.15) is 15.9 Å². The molecule has 3 aromatic carbocycles. The number of nitrogens with one attached hydrogen (secondary N) is 2. The monoisotopic (exact) mass is 501 g/mol. The van der Waals surface area contributed by atoms with Gasteiger partial charge >= 0.3 is 0 Å². The molecule has 36 heavy (non-hydrogen) atoms. The van der Waals surface area contributed by atoms with Crippen molar-refractivity contribution in [2.45, 2.75) is 6.54 Å². The lowest BCUT2D eigenvalue weighted by Gasteiger charge is -2.32. The second-order valence-corrected chi connectivity index (χ2v) is 9.46. The lowest BCUT2D eigenvalue weighted by atomic mass is 10.1. The molecule has 2 aliphatic rings. The predicted molar refractivity (Wildman–Crippen MR) is 138 cm³/mol. The van der Waals surface area contributed by atoms with E-state index in [0.717, 1.165) is 31.1 Å². The Morgan fingerprint density at radius 3 is 2.53 bits per heavy atom. The normalized spacial score (nSPS) is 15.4. The molecule has 1 aromatic heterocycles. The van der Waals surface area contributed by atoms with Crippen molar-refractivity contribution in [3.8, 4) is 17.2 Å². The van der Waals surface area contributed by atoms with Gasteiger partial charge in [0.1, 0.15) is 6.54 Å². The van der Waals surface area contributed by atoms with Gasteiger partial charge in [0, 0.05) is 11.1 Å². The average Bonchev–Trinajstić information content (AvgIpc) is 3.37. The molecule has 6 rings (SSSR count). The van der Waals surface area contributed by atoms with E-state index in [1.54, 1.807) is 30.3 Å². The number of nitrogens with zero attached hydrogens (tertiary/aromatic N) is 2. The zero-order valence-electron chi connectivity index (χ0n) is 19.5. The van der Waals surface area contributed by atoms with E-state index in [1.165, 1.54) is 15.0 Å². The third-order valence-electron chi connectivity index (χ3n) is 6.83. The van der Waals surface area contributed by atoms with Crippen LogP contribution in [-0.4, -0.2) is 53.3 Å². The topological polar surface area (TPSA) is 81.0 Å². The molecular formula is C27H25N4O4S+. The first-order valence-electron chi connectivity index (χ1n) is 11.9. The highest BCUT2D eigenvalue weighted by Crippen LogP contribution is 2.32. The van der Waals surface area contributed by atoms with Gasteiger partial charge in [0.05, 0.1) is 42.8 Å². The Bertz CT molecular complexity index is 1570. The van der Waals surface area contributed by atoms with Crippen molar-refractivity contribution in [2.75, 3.05) is 33.0 Å². The number of amides is 1. The summed E-state index contributed by atoms with van der Waals surface area (Å²) in [5.41, 5.74) is 2.94. The summed E-state index contributed by atoms with van der Waals surface area (Å²) in [6, 6.07) is 20.4. The molecule has 8 nitrogen and oxygen atoms in total. The van der Waals surface area contributed by atoms with Gasteiger partial charge in [-0.05, 0) is 66.8 Å². The van der Waals surface area contributed by atoms with Gasteiger partial charge in [-0.15, -0.1) is 0 Å². The minimum absolute atomic E-state index is 0.000280. The van der Waals surface area contributed by atoms with Crippen LogP contribution in [0.4, 0.5) is 0 Å². The Hall–Kier alpha value is -3.95. The first-order valence-corrected chi connectivity index (χ1v) is 12.3. The minimum Gasteiger partial charge on any atom is -0.454 e. The van der Waals surface area contributed by atoms with Gasteiger partial charge < -0.3 is 24.3 Å². The van der Waals surface area contributed by atoms with Crippen LogP contribution in [0.25, 0.3) is 16.6 Å². The van der Waals surface area contributed by atoms with Crippen molar-refractivity contribution in [2.24, 2.45) is 0 Å². The lowest BCUT2D eigenvalue weighted by Crippen LogP contribution is -3.13. The number of hydrogen-bond donors (Lipinski definition) is 2. The zero-order chi connectivity index (χ0) is 24.6. The summed E-state index contributed by atoms with van der Waals surface area (Å²) in [6.45, 7) is 4.29. The van der Waals surface area contributed by atoms with Gasteiger partial charge in [-0.1, -0.05) is 12.1 Å². The molecule has 0 unspecified atom stereocenters. The zero-order valence-corrected chi connectivity index (χ0v) is 20.3. The van der Waals surface area contributed by atoms with Gasteiger partial charge in [-0.3, -0.25) is 14.2 Å². The van der Waals surface area contributed by atoms with E-state index < -0.39 is 0 Å². The molecule has 1 amide bonds. The fourth-order valence-corrected chi connectivity index (χ4v) is 5.17. The Labute approximate surface area is 212 Å². The van der Waals surface area contributed by atoms with E-state index in [0.29, 0.717) is 40.0 Å². The van der Waals surface area contributed by atoms with E-state index in [9.17, 15) is 9.59 Å². The van der Waals surface area contributed by atoms with Gasteiger partial charge in [0.25, 0.3) is 11.5 Å². The van der Waals surface area contributed by atoms with Crippen molar-refractivity contribution in [3.05, 3.63) is 93.0 Å². The van der Waals surface area contributed by atoms with Crippen LogP contribution >= 0.6 is 12.2 Å². The van der Waals surface area contributed by atoms with E-state index in [-0.39, 0.29) is 18.3 Å². The van der Waals surface area contributed by atoms with Crippen LogP contribution in [-0.2, 0) is 6.54 Å². The number of H-pyrrole nitrogens is 1. The molecule has 182 valence electrons. The van der Waals surface area contributed by atoms with Crippen LogP contribution in [0.3, 0.4) is 0 Å². The molecule has 2 N–H and O–H groups in total. The Kier molecular flexibility index (Phi) is 5.79. The molecule has 0 atom stereocenters. The fourth-order valence-electron chi connectivity index (χ4n) is 4.87. The number of hydrogen-bond acceptors (Lipinski definition) is 5. The van der Waals surface area contributed by atoms with Gasteiger partial charge in [0.2, 0.25) is 6.79 Å². The number of aromatic nitrogens is 2. The summed E-state index contributed by atoms with van der Waals surface area (Å²) in [5.74, 6) is 1.60. The van der Waals surface area contributed by atoms with Gasteiger partial charge in [0.15, 0.2) is 16.3 Å². The second kappa shape index (κ2) is 9.25. The van der Waals surface area contributed by atoms with Crippen LogP contribution in [0.5, 0.6) is 11.5 Å². The van der Waals surface area contributed by atoms with Crippen molar-refractivity contribution in [1.82, 2.24) is 14.5 Å². The van der Waals surface area contributed by atoms with Crippen molar-refractivity contribution < 1.29 is 19.2 Å². The van der Waals surface area contributed by atoms with Crippen LogP contribution in [0.15, 0.2) is 71.5 Å². The van der Waals surface area contributed by atoms with E-state index in [2.05, 4.69) is 11.1 Å². The van der Waals surface area contributed by atoms with Crippen LogP contribution < -0.4 is 19.9 Å². The van der Waals surface area contributed by atoms with Gasteiger partial charge in [-0.2, -0.15) is 0 Å². The van der Waals surface area contributed by atoms with Crippen molar-refractivity contribution in [3.63, 3.8) is 0 Å². The van der Waals surface area contributed by atoms with Crippen molar-refractivity contribution >= 4 is 29.0 Å². The molecule has 9 heteroatoms. The first-order chi connectivity index (χ1) is 17.6. The molecule has 0 saturated carbocycles. The molecule has 0 spiro atoms. The largest absolute Gasteiger partial charge is 0.454 e. The maximum atomic E-state index is 13.1. The van der Waals surface area contributed by atoms with Crippen LogP contribution in [0.2, 0.25) is 0 Å². The molecule has 0 aliphatic carbocycles.